The molecule has 13 heavy (non-hydrogen) atoms. The van der Waals surface area contributed by atoms with Crippen LogP contribution in [0.3, 0.4) is 0 Å². The maximum absolute atomic E-state index is 12.5. The maximum atomic E-state index is 12.5. The summed E-state index contributed by atoms with van der Waals surface area (Å²) in [6.07, 6.45) is 0. The quantitative estimate of drug-likeness (QED) is 0.571. The summed E-state index contributed by atoms with van der Waals surface area (Å²) in [5.41, 5.74) is 4.01. The molecule has 0 saturated carbocycles. The number of aromatic nitrogens is 1. The fourth-order valence-electron chi connectivity index (χ4n) is 0.709. The molecule has 0 unspecified atom stereocenters. The topological polar surface area (TPSA) is 38.9 Å². The van der Waals surface area contributed by atoms with Crippen LogP contribution in [0.15, 0.2) is 0 Å². The largest absolute Gasteiger partial charge is 0.326 e. The lowest BCUT2D eigenvalue weighted by Crippen LogP contribution is -2.10. The van der Waals surface area contributed by atoms with Crippen molar-refractivity contribution in [3.63, 3.8) is 0 Å². The molecule has 1 rings (SSSR count). The molecule has 7 heteroatoms. The Morgan fingerprint density at radius 2 is 1.38 bits per heavy atom. The van der Waals surface area contributed by atoms with Crippen LogP contribution in [-0.4, -0.2) is 4.98 Å². The third-order valence-corrected chi connectivity index (χ3v) is 1.29. The van der Waals surface area contributed by atoms with Gasteiger partial charge in [0.15, 0.2) is 11.6 Å². The number of halogens is 5. The van der Waals surface area contributed by atoms with Gasteiger partial charge in [-0.25, -0.2) is 8.78 Å². The highest BCUT2D eigenvalue weighted by Crippen LogP contribution is 2.15. The molecule has 0 amide bonds. The molecule has 2 nitrogen and oxygen atoms in total. The second-order valence-corrected chi connectivity index (χ2v) is 2.00. The Morgan fingerprint density at radius 3 is 1.69 bits per heavy atom. The summed E-state index contributed by atoms with van der Waals surface area (Å²) >= 11 is 0. The first-order valence-electron chi connectivity index (χ1n) is 2.96. The van der Waals surface area contributed by atoms with Crippen LogP contribution in [0.4, 0.5) is 17.6 Å². The first-order chi connectivity index (χ1) is 5.57. The molecule has 0 spiro atoms. The Labute approximate surface area is 77.2 Å². The fraction of sp³-hybridized carbons (Fsp3) is 0.167. The molecule has 1 aromatic rings. The summed E-state index contributed by atoms with van der Waals surface area (Å²) in [6, 6.07) is 0. The summed E-state index contributed by atoms with van der Waals surface area (Å²) in [7, 11) is 0. The van der Waals surface area contributed by atoms with E-state index in [0.717, 1.165) is 0 Å². The Balaban J connectivity index is 0.00000144. The van der Waals surface area contributed by atoms with Crippen molar-refractivity contribution in [3.8, 4) is 0 Å². The third-order valence-electron chi connectivity index (χ3n) is 1.29. The first kappa shape index (κ1) is 12.1. The third kappa shape index (κ3) is 2.07. The van der Waals surface area contributed by atoms with Gasteiger partial charge in [-0.15, -0.1) is 12.4 Å². The van der Waals surface area contributed by atoms with Gasteiger partial charge >= 0.3 is 0 Å². The van der Waals surface area contributed by atoms with Gasteiger partial charge in [-0.2, -0.15) is 13.8 Å². The zero-order valence-electron chi connectivity index (χ0n) is 6.15. The smallest absolute Gasteiger partial charge is 0.252 e. The number of rotatable bonds is 1. The molecular formula is C6H5ClF4N2. The molecule has 0 aliphatic rings. The molecule has 74 valence electrons. The molecule has 1 aromatic heterocycles. The number of nitrogens with two attached hydrogens (primary N) is 1. The van der Waals surface area contributed by atoms with Gasteiger partial charge in [0.1, 0.15) is 0 Å². The summed E-state index contributed by atoms with van der Waals surface area (Å²) < 4.78 is 49.6. The van der Waals surface area contributed by atoms with Crippen LogP contribution < -0.4 is 5.73 Å². The molecule has 0 radical (unpaired) electrons. The number of hydrogen-bond donors (Lipinski definition) is 1. The highest BCUT2D eigenvalue weighted by Gasteiger charge is 2.18. The van der Waals surface area contributed by atoms with Crippen molar-refractivity contribution in [2.45, 2.75) is 6.54 Å². The predicted molar refractivity (Wildman–Crippen MR) is 39.2 cm³/mol. The van der Waals surface area contributed by atoms with Crippen LogP contribution in [0.25, 0.3) is 0 Å². The molecule has 1 heterocycles. The second kappa shape index (κ2) is 4.38. The van der Waals surface area contributed by atoms with Gasteiger partial charge < -0.3 is 5.73 Å². The van der Waals surface area contributed by atoms with Crippen molar-refractivity contribution >= 4 is 12.4 Å². The minimum absolute atomic E-state index is 0. The SMILES string of the molecule is Cl.NCc1c(F)c(F)nc(F)c1F. The average Bonchev–Trinajstić information content (AvgIpc) is 2.02. The first-order valence-corrected chi connectivity index (χ1v) is 2.96. The molecule has 0 aromatic carbocycles. The fourth-order valence-corrected chi connectivity index (χ4v) is 0.709. The van der Waals surface area contributed by atoms with E-state index >= 15 is 0 Å². The van der Waals surface area contributed by atoms with E-state index in [9.17, 15) is 17.6 Å². The predicted octanol–water partition coefficient (Wildman–Crippen LogP) is 1.52. The van der Waals surface area contributed by atoms with E-state index in [0.29, 0.717) is 0 Å². The van der Waals surface area contributed by atoms with E-state index in [4.69, 9.17) is 5.73 Å². The maximum Gasteiger partial charge on any atom is 0.252 e. The van der Waals surface area contributed by atoms with Crippen LogP contribution in [0.5, 0.6) is 0 Å². The Morgan fingerprint density at radius 1 is 1.00 bits per heavy atom. The van der Waals surface area contributed by atoms with Gasteiger partial charge in [0, 0.05) is 12.1 Å². The van der Waals surface area contributed by atoms with E-state index in [2.05, 4.69) is 4.98 Å². The van der Waals surface area contributed by atoms with Gasteiger partial charge in [0.2, 0.25) is 0 Å². The lowest BCUT2D eigenvalue weighted by Gasteiger charge is -2.01. The van der Waals surface area contributed by atoms with Crippen LogP contribution in [0.2, 0.25) is 0 Å². The van der Waals surface area contributed by atoms with Crippen molar-refractivity contribution in [1.29, 1.82) is 0 Å². The Hall–Kier alpha value is -0.880. The van der Waals surface area contributed by atoms with Crippen molar-refractivity contribution < 1.29 is 17.6 Å². The molecule has 0 aliphatic carbocycles. The van der Waals surface area contributed by atoms with Gasteiger partial charge in [-0.05, 0) is 0 Å². The second-order valence-electron chi connectivity index (χ2n) is 2.00. The van der Waals surface area contributed by atoms with Gasteiger partial charge in [0.25, 0.3) is 11.9 Å². The molecular weight excluding hydrogens is 212 g/mol. The highest BCUT2D eigenvalue weighted by atomic mass is 35.5. The van der Waals surface area contributed by atoms with Crippen LogP contribution in [0.1, 0.15) is 5.56 Å². The van der Waals surface area contributed by atoms with E-state index in [-0.39, 0.29) is 12.4 Å². The summed E-state index contributed by atoms with van der Waals surface area (Å²) in [6.45, 7) is -0.617. The zero-order valence-corrected chi connectivity index (χ0v) is 6.97. The molecule has 0 aliphatic heterocycles. The monoisotopic (exact) mass is 216 g/mol. The van der Waals surface area contributed by atoms with Crippen LogP contribution >= 0.6 is 12.4 Å². The highest BCUT2D eigenvalue weighted by molar-refractivity contribution is 5.85. The van der Waals surface area contributed by atoms with E-state index in [1.165, 1.54) is 0 Å². The zero-order chi connectivity index (χ0) is 9.30. The van der Waals surface area contributed by atoms with Gasteiger partial charge in [-0.3, -0.25) is 0 Å². The van der Waals surface area contributed by atoms with Crippen molar-refractivity contribution in [2.24, 2.45) is 5.73 Å². The number of pyridine rings is 1. The van der Waals surface area contributed by atoms with Crippen molar-refractivity contribution in [1.82, 2.24) is 4.98 Å². The van der Waals surface area contributed by atoms with Crippen LogP contribution in [-0.2, 0) is 6.54 Å². The minimum Gasteiger partial charge on any atom is -0.326 e. The van der Waals surface area contributed by atoms with Crippen LogP contribution in [0, 0.1) is 23.5 Å². The molecule has 0 saturated heterocycles. The number of hydrogen-bond acceptors (Lipinski definition) is 2. The average molecular weight is 217 g/mol. The summed E-state index contributed by atoms with van der Waals surface area (Å²) in [5.74, 6) is -6.46. The lowest BCUT2D eigenvalue weighted by molar-refractivity contribution is 0.395. The van der Waals surface area contributed by atoms with E-state index < -0.39 is 35.6 Å². The summed E-state index contributed by atoms with van der Waals surface area (Å²) in [4.78, 5) is 2.34. The van der Waals surface area contributed by atoms with Gasteiger partial charge in [0.05, 0.1) is 0 Å². The van der Waals surface area contributed by atoms with Crippen molar-refractivity contribution in [2.75, 3.05) is 0 Å². The molecule has 0 fully saturated rings. The van der Waals surface area contributed by atoms with Gasteiger partial charge in [-0.1, -0.05) is 0 Å². The van der Waals surface area contributed by atoms with E-state index in [1.807, 2.05) is 0 Å². The Kier molecular flexibility index (Phi) is 4.09. The minimum atomic E-state index is -1.69. The lowest BCUT2D eigenvalue weighted by atomic mass is 10.2. The normalized spacial score (nSPS) is 9.62. The Bertz CT molecular complexity index is 292. The molecule has 0 atom stereocenters. The molecule has 2 N–H and O–H groups in total. The summed E-state index contributed by atoms with van der Waals surface area (Å²) in [5, 5.41) is 0. The van der Waals surface area contributed by atoms with Crippen molar-refractivity contribution in [3.05, 3.63) is 29.1 Å². The number of nitrogens with zero attached hydrogens (tertiary/aromatic N) is 1. The standard InChI is InChI=1S/C6H4F4N2.ClH/c7-3-2(1-11)4(8)6(10)12-5(3)9;/h1,11H2;1H. The molecule has 0 bridgehead atoms. The van der Waals surface area contributed by atoms with E-state index in [1.54, 1.807) is 0 Å².